The first-order valence-corrected chi connectivity index (χ1v) is 5.43. The number of hydrogen-bond donors (Lipinski definition) is 1. The Morgan fingerprint density at radius 2 is 1.48 bits per heavy atom. The van der Waals surface area contributed by atoms with Gasteiger partial charge in [0.2, 0.25) is 11.5 Å². The van der Waals surface area contributed by atoms with Gasteiger partial charge in [0, 0.05) is 0 Å². The SMILES string of the molecule is COC(=O)c1ccc(C=O)o1.O=Cc1ccc(C(=O)O)o1. The lowest BCUT2D eigenvalue weighted by Gasteiger charge is -1.90. The molecule has 0 bridgehead atoms. The van der Waals surface area contributed by atoms with E-state index in [0.29, 0.717) is 12.6 Å². The number of methoxy groups -OCH3 is 1. The first-order chi connectivity index (χ1) is 10.0. The number of carbonyl (C=O) groups excluding carboxylic acids is 3. The molecule has 1 N–H and O–H groups in total. The van der Waals surface area contributed by atoms with E-state index in [0.717, 1.165) is 0 Å². The van der Waals surface area contributed by atoms with E-state index in [1.165, 1.54) is 31.4 Å². The van der Waals surface area contributed by atoms with Crippen LogP contribution < -0.4 is 0 Å². The molecule has 0 spiro atoms. The molecule has 21 heavy (non-hydrogen) atoms. The van der Waals surface area contributed by atoms with Crippen LogP contribution in [-0.4, -0.2) is 36.7 Å². The van der Waals surface area contributed by atoms with Crippen molar-refractivity contribution >= 4 is 24.5 Å². The van der Waals surface area contributed by atoms with E-state index < -0.39 is 11.9 Å². The Balaban J connectivity index is 0.000000211. The average molecular weight is 294 g/mol. The molecule has 0 unspecified atom stereocenters. The van der Waals surface area contributed by atoms with Crippen LogP contribution in [0, 0.1) is 0 Å². The molecule has 0 aromatic carbocycles. The Morgan fingerprint density at radius 1 is 1.00 bits per heavy atom. The summed E-state index contributed by atoms with van der Waals surface area (Å²) in [4.78, 5) is 40.9. The minimum Gasteiger partial charge on any atom is -0.475 e. The summed E-state index contributed by atoms with van der Waals surface area (Å²) in [5.74, 6) is -1.80. The third-order valence-electron chi connectivity index (χ3n) is 2.08. The van der Waals surface area contributed by atoms with Crippen LogP contribution in [0.3, 0.4) is 0 Å². The fourth-order valence-electron chi connectivity index (χ4n) is 1.16. The van der Waals surface area contributed by atoms with Gasteiger partial charge in [0.25, 0.3) is 0 Å². The van der Waals surface area contributed by atoms with E-state index in [-0.39, 0.29) is 23.0 Å². The topological polar surface area (TPSA) is 124 Å². The van der Waals surface area contributed by atoms with Crippen LogP contribution in [0.2, 0.25) is 0 Å². The fourth-order valence-corrected chi connectivity index (χ4v) is 1.16. The zero-order valence-corrected chi connectivity index (χ0v) is 10.8. The van der Waals surface area contributed by atoms with Gasteiger partial charge in [-0.2, -0.15) is 0 Å². The molecule has 2 aromatic rings. The van der Waals surface area contributed by atoms with Crippen molar-refractivity contribution in [3.05, 3.63) is 47.3 Å². The van der Waals surface area contributed by atoms with Crippen molar-refractivity contribution in [3.63, 3.8) is 0 Å². The van der Waals surface area contributed by atoms with E-state index in [1.54, 1.807) is 0 Å². The number of carbonyl (C=O) groups is 4. The predicted molar refractivity (Wildman–Crippen MR) is 66.5 cm³/mol. The maximum Gasteiger partial charge on any atom is 0.373 e. The highest BCUT2D eigenvalue weighted by molar-refractivity contribution is 5.87. The number of esters is 1. The van der Waals surface area contributed by atoms with Crippen molar-refractivity contribution in [1.29, 1.82) is 0 Å². The minimum atomic E-state index is -1.17. The third kappa shape index (κ3) is 4.46. The zero-order chi connectivity index (χ0) is 15.8. The normalized spacial score (nSPS) is 9.19. The molecule has 0 radical (unpaired) electrons. The van der Waals surface area contributed by atoms with Crippen LogP contribution >= 0.6 is 0 Å². The van der Waals surface area contributed by atoms with Crippen LogP contribution in [0.1, 0.15) is 42.2 Å². The molecule has 2 rings (SSSR count). The molecule has 0 saturated carbocycles. The fraction of sp³-hybridized carbons (Fsp3) is 0.0769. The van der Waals surface area contributed by atoms with Gasteiger partial charge in [-0.05, 0) is 24.3 Å². The van der Waals surface area contributed by atoms with Gasteiger partial charge in [-0.1, -0.05) is 0 Å². The van der Waals surface area contributed by atoms with Gasteiger partial charge >= 0.3 is 11.9 Å². The lowest BCUT2D eigenvalue weighted by Crippen LogP contribution is -1.98. The summed E-state index contributed by atoms with van der Waals surface area (Å²) in [5, 5.41) is 8.28. The molecule has 2 heterocycles. The lowest BCUT2D eigenvalue weighted by molar-refractivity contribution is 0.0563. The Kier molecular flexibility index (Phi) is 5.63. The van der Waals surface area contributed by atoms with Crippen molar-refractivity contribution < 1.29 is 37.9 Å². The number of furan rings is 2. The molecule has 0 aliphatic carbocycles. The predicted octanol–water partition coefficient (Wildman–Crippen LogP) is 1.67. The zero-order valence-electron chi connectivity index (χ0n) is 10.8. The summed E-state index contributed by atoms with van der Waals surface area (Å²) < 4.78 is 13.6. The van der Waals surface area contributed by atoms with Gasteiger partial charge in [0.15, 0.2) is 24.1 Å². The van der Waals surface area contributed by atoms with Crippen LogP contribution in [-0.2, 0) is 4.74 Å². The quantitative estimate of drug-likeness (QED) is 0.666. The second-order valence-electron chi connectivity index (χ2n) is 3.44. The van der Waals surface area contributed by atoms with Gasteiger partial charge in [0.1, 0.15) is 0 Å². The van der Waals surface area contributed by atoms with E-state index >= 15 is 0 Å². The number of aromatic carboxylic acids is 1. The number of rotatable bonds is 4. The first kappa shape index (κ1) is 15.9. The van der Waals surface area contributed by atoms with Crippen molar-refractivity contribution in [2.24, 2.45) is 0 Å². The lowest BCUT2D eigenvalue weighted by atomic mass is 10.4. The molecule has 0 aliphatic heterocycles. The molecule has 0 atom stereocenters. The van der Waals surface area contributed by atoms with Gasteiger partial charge in [-0.3, -0.25) is 9.59 Å². The summed E-state index contributed by atoms with van der Waals surface area (Å²) in [6, 6.07) is 5.32. The molecule has 110 valence electrons. The van der Waals surface area contributed by atoms with Crippen molar-refractivity contribution in [3.8, 4) is 0 Å². The Hall–Kier alpha value is -3.16. The summed E-state index contributed by atoms with van der Waals surface area (Å²) in [6.07, 6.45) is 0.971. The van der Waals surface area contributed by atoms with E-state index in [1.807, 2.05) is 0 Å². The molecular formula is C13H10O8. The summed E-state index contributed by atoms with van der Waals surface area (Å²) >= 11 is 0. The molecule has 0 amide bonds. The molecule has 0 saturated heterocycles. The largest absolute Gasteiger partial charge is 0.475 e. The molecule has 2 aromatic heterocycles. The highest BCUT2D eigenvalue weighted by Crippen LogP contribution is 2.06. The monoisotopic (exact) mass is 294 g/mol. The molecule has 0 aliphatic rings. The second kappa shape index (κ2) is 7.43. The van der Waals surface area contributed by atoms with E-state index in [4.69, 9.17) is 9.52 Å². The number of aldehydes is 2. The van der Waals surface area contributed by atoms with Gasteiger partial charge in [-0.25, -0.2) is 9.59 Å². The molecule has 8 heteroatoms. The number of carboxylic acids is 1. The highest BCUT2D eigenvalue weighted by Gasteiger charge is 2.09. The Bertz CT molecular complexity index is 649. The van der Waals surface area contributed by atoms with Crippen LogP contribution in [0.15, 0.2) is 33.1 Å². The number of hydrogen-bond acceptors (Lipinski definition) is 7. The first-order valence-electron chi connectivity index (χ1n) is 5.43. The maximum atomic E-state index is 10.7. The van der Waals surface area contributed by atoms with E-state index in [2.05, 4.69) is 9.15 Å². The number of carboxylic acid groups (broad SMARTS) is 1. The second-order valence-corrected chi connectivity index (χ2v) is 3.44. The van der Waals surface area contributed by atoms with Crippen LogP contribution in [0.25, 0.3) is 0 Å². The summed E-state index contributed by atoms with van der Waals surface area (Å²) in [5.41, 5.74) is 0. The molecule has 0 fully saturated rings. The Morgan fingerprint density at radius 3 is 1.81 bits per heavy atom. The standard InChI is InChI=1S/C7H6O4.C6H4O4/c1-10-7(9)6-3-2-5(4-8)11-6;7-3-4-1-2-5(10-4)6(8)9/h2-4H,1H3;1-3H,(H,8,9). The number of ether oxygens (including phenoxy) is 1. The minimum absolute atomic E-state index is 0.0254. The average Bonchev–Trinajstić information content (AvgIpc) is 3.15. The third-order valence-corrected chi connectivity index (χ3v) is 2.08. The van der Waals surface area contributed by atoms with Crippen LogP contribution in [0.4, 0.5) is 0 Å². The van der Waals surface area contributed by atoms with Gasteiger partial charge in [-0.15, -0.1) is 0 Å². The Labute approximate surface area is 117 Å². The van der Waals surface area contributed by atoms with Gasteiger partial charge in [0.05, 0.1) is 7.11 Å². The van der Waals surface area contributed by atoms with Crippen molar-refractivity contribution in [1.82, 2.24) is 0 Å². The smallest absolute Gasteiger partial charge is 0.373 e. The molecule has 8 nitrogen and oxygen atoms in total. The van der Waals surface area contributed by atoms with E-state index in [9.17, 15) is 19.2 Å². The maximum absolute atomic E-state index is 10.7. The van der Waals surface area contributed by atoms with Crippen LogP contribution in [0.5, 0.6) is 0 Å². The molecular weight excluding hydrogens is 284 g/mol. The van der Waals surface area contributed by atoms with Crippen molar-refractivity contribution in [2.45, 2.75) is 0 Å². The van der Waals surface area contributed by atoms with Gasteiger partial charge < -0.3 is 18.7 Å². The summed E-state index contributed by atoms with van der Waals surface area (Å²) in [7, 11) is 1.24. The summed E-state index contributed by atoms with van der Waals surface area (Å²) in [6.45, 7) is 0. The highest BCUT2D eigenvalue weighted by atomic mass is 16.5. The van der Waals surface area contributed by atoms with Crippen molar-refractivity contribution in [2.75, 3.05) is 7.11 Å².